The maximum atomic E-state index is 15.0. The second kappa shape index (κ2) is 11.8. The summed E-state index contributed by atoms with van der Waals surface area (Å²) in [5.74, 6) is -0.333. The Morgan fingerprint density at radius 3 is 2.70 bits per heavy atom. The Kier molecular flexibility index (Phi) is 7.72. The van der Waals surface area contributed by atoms with Crippen molar-refractivity contribution in [3.05, 3.63) is 81.3 Å². The minimum absolute atomic E-state index is 0.0280. The fourth-order valence-corrected chi connectivity index (χ4v) is 7.57. The number of ether oxygens (including phenoxy) is 5. The molecule has 47 heavy (non-hydrogen) atoms. The molecule has 5 heterocycles. The third-order valence-electron chi connectivity index (χ3n) is 9.64. The standard InChI is InChI=1S/C34H33Cl2FN4O6/c1-34(22-7-6-20(35)14-24(22)37)46-29-5-3-4-25(32(29)47-34)40-10-9-39(27-17-44-18-28(27)40)16-30-38-31-23(36)12-19(33(42)43-2)13-26(31)41(30)15-21-8-11-45-21/h3-7,12-14,21,27-28H,8-11,15-18H2,1-2H3/t21-,27-,28+,34?/m0/s1. The van der Waals surface area contributed by atoms with Crippen molar-refractivity contribution in [2.24, 2.45) is 0 Å². The number of anilines is 1. The Labute approximate surface area is 280 Å². The lowest BCUT2D eigenvalue weighted by Crippen LogP contribution is -2.59. The highest BCUT2D eigenvalue weighted by atomic mass is 35.5. The van der Waals surface area contributed by atoms with Gasteiger partial charge in [0.05, 0.1) is 79.0 Å². The topological polar surface area (TPSA) is 87.5 Å². The van der Waals surface area contributed by atoms with Crippen LogP contribution in [-0.2, 0) is 33.1 Å². The summed E-state index contributed by atoms with van der Waals surface area (Å²) >= 11 is 12.7. The molecule has 13 heteroatoms. The normalized spacial score (nSPS) is 25.2. The van der Waals surface area contributed by atoms with Crippen LogP contribution in [0.15, 0.2) is 48.5 Å². The van der Waals surface area contributed by atoms with E-state index < -0.39 is 17.6 Å². The van der Waals surface area contributed by atoms with Gasteiger partial charge in [0, 0.05) is 31.6 Å². The van der Waals surface area contributed by atoms with Crippen molar-refractivity contribution in [2.75, 3.05) is 44.9 Å². The highest BCUT2D eigenvalue weighted by Gasteiger charge is 2.46. The molecule has 8 rings (SSSR count). The largest absolute Gasteiger partial charge is 0.465 e. The lowest BCUT2D eigenvalue weighted by Gasteiger charge is -2.44. The molecule has 3 aromatic carbocycles. The predicted octanol–water partition coefficient (Wildman–Crippen LogP) is 5.79. The van der Waals surface area contributed by atoms with Gasteiger partial charge in [-0.2, -0.15) is 0 Å². The van der Waals surface area contributed by atoms with E-state index in [1.165, 1.54) is 13.2 Å². The molecule has 0 spiro atoms. The van der Waals surface area contributed by atoms with Crippen LogP contribution in [0.2, 0.25) is 10.0 Å². The Morgan fingerprint density at radius 2 is 1.94 bits per heavy atom. The number of imidazole rings is 1. The molecular formula is C34H33Cl2FN4O6. The summed E-state index contributed by atoms with van der Waals surface area (Å²) in [6.07, 6.45) is 1.03. The summed E-state index contributed by atoms with van der Waals surface area (Å²) < 4.78 is 46.6. The number of para-hydroxylation sites is 1. The Hall–Kier alpha value is -3.61. The highest BCUT2D eigenvalue weighted by molar-refractivity contribution is 6.35. The minimum Gasteiger partial charge on any atom is -0.465 e. The van der Waals surface area contributed by atoms with Crippen LogP contribution >= 0.6 is 23.2 Å². The Bertz CT molecular complexity index is 1890. The first-order chi connectivity index (χ1) is 22.7. The van der Waals surface area contributed by atoms with Crippen molar-refractivity contribution >= 4 is 45.9 Å². The zero-order chi connectivity index (χ0) is 32.4. The van der Waals surface area contributed by atoms with E-state index in [0.717, 1.165) is 36.6 Å². The molecule has 10 nitrogen and oxygen atoms in total. The average Bonchev–Trinajstić information content (AvgIpc) is 3.74. The van der Waals surface area contributed by atoms with E-state index in [-0.39, 0.29) is 23.8 Å². The number of fused-ring (bicyclic) bond motifs is 3. The van der Waals surface area contributed by atoms with Gasteiger partial charge < -0.3 is 33.2 Å². The van der Waals surface area contributed by atoms with Gasteiger partial charge in [0.2, 0.25) is 0 Å². The molecule has 1 unspecified atom stereocenters. The van der Waals surface area contributed by atoms with Crippen LogP contribution < -0.4 is 14.4 Å². The molecule has 246 valence electrons. The molecule has 1 aromatic heterocycles. The fourth-order valence-electron chi connectivity index (χ4n) is 7.15. The fraction of sp³-hybridized carbons (Fsp3) is 0.412. The maximum Gasteiger partial charge on any atom is 0.337 e. The molecule has 0 N–H and O–H groups in total. The number of esters is 1. The number of benzene rings is 3. The summed E-state index contributed by atoms with van der Waals surface area (Å²) in [7, 11) is 1.35. The Morgan fingerprint density at radius 1 is 1.11 bits per heavy atom. The molecule has 4 aliphatic rings. The van der Waals surface area contributed by atoms with Crippen molar-refractivity contribution in [1.29, 1.82) is 0 Å². The number of aromatic nitrogens is 2. The summed E-state index contributed by atoms with van der Waals surface area (Å²) in [4.78, 5) is 22.1. The van der Waals surface area contributed by atoms with Gasteiger partial charge in [0.25, 0.3) is 5.79 Å². The number of nitrogens with zero attached hydrogens (tertiary/aromatic N) is 4. The van der Waals surface area contributed by atoms with Gasteiger partial charge >= 0.3 is 5.97 Å². The van der Waals surface area contributed by atoms with E-state index >= 15 is 0 Å². The first-order valence-corrected chi connectivity index (χ1v) is 16.4. The third kappa shape index (κ3) is 5.28. The number of halogens is 3. The number of rotatable bonds is 7. The van der Waals surface area contributed by atoms with Crippen LogP contribution in [-0.4, -0.2) is 78.6 Å². The van der Waals surface area contributed by atoms with Gasteiger partial charge in [-0.05, 0) is 48.9 Å². The van der Waals surface area contributed by atoms with Crippen LogP contribution in [0.25, 0.3) is 11.0 Å². The predicted molar refractivity (Wildman–Crippen MR) is 173 cm³/mol. The molecule has 4 atom stereocenters. The number of carbonyl (C=O) groups is 1. The van der Waals surface area contributed by atoms with E-state index in [1.807, 2.05) is 18.2 Å². The SMILES string of the molecule is COC(=O)c1cc(Cl)c2nc(CN3CCN(c4cccc5c4OC(C)(c4ccc(Cl)cc4F)O5)[C@@H]4COC[C@@H]43)n(C[C@@H]3CCO3)c2c1. The van der Waals surface area contributed by atoms with Gasteiger partial charge in [0.1, 0.15) is 17.2 Å². The highest BCUT2D eigenvalue weighted by Crippen LogP contribution is 2.51. The average molecular weight is 684 g/mol. The first-order valence-electron chi connectivity index (χ1n) is 15.7. The van der Waals surface area contributed by atoms with Gasteiger partial charge in [0.15, 0.2) is 11.5 Å². The molecule has 0 radical (unpaired) electrons. The van der Waals surface area contributed by atoms with Crippen molar-refractivity contribution in [2.45, 2.75) is 50.4 Å². The third-order valence-corrected chi connectivity index (χ3v) is 10.2. The number of piperazine rings is 1. The van der Waals surface area contributed by atoms with E-state index in [0.29, 0.717) is 65.5 Å². The molecule has 4 aliphatic heterocycles. The molecule has 0 aliphatic carbocycles. The number of hydrogen-bond donors (Lipinski definition) is 0. The smallest absolute Gasteiger partial charge is 0.337 e. The summed E-state index contributed by atoms with van der Waals surface area (Å²) in [6, 6.07) is 13.7. The lowest BCUT2D eigenvalue weighted by molar-refractivity contribution is -0.0705. The van der Waals surface area contributed by atoms with Crippen LogP contribution in [0.5, 0.6) is 11.5 Å². The van der Waals surface area contributed by atoms with E-state index in [1.54, 1.807) is 31.2 Å². The van der Waals surface area contributed by atoms with Crippen molar-refractivity contribution in [3.8, 4) is 11.5 Å². The van der Waals surface area contributed by atoms with Crippen LogP contribution in [0, 0.1) is 5.82 Å². The van der Waals surface area contributed by atoms with Gasteiger partial charge in [-0.25, -0.2) is 14.2 Å². The molecular weight excluding hydrogens is 650 g/mol. The number of hydrogen-bond acceptors (Lipinski definition) is 9. The zero-order valence-electron chi connectivity index (χ0n) is 25.9. The summed E-state index contributed by atoms with van der Waals surface area (Å²) in [5.41, 5.74) is 2.94. The second-order valence-corrected chi connectivity index (χ2v) is 13.3. The molecule has 0 saturated carbocycles. The van der Waals surface area contributed by atoms with Crippen molar-refractivity contribution < 1.29 is 32.9 Å². The van der Waals surface area contributed by atoms with E-state index in [4.69, 9.17) is 51.9 Å². The first kappa shape index (κ1) is 30.7. The van der Waals surface area contributed by atoms with Crippen LogP contribution in [0.1, 0.15) is 35.1 Å². The van der Waals surface area contributed by atoms with Gasteiger partial charge in [-0.3, -0.25) is 4.90 Å². The van der Waals surface area contributed by atoms with Gasteiger partial charge in [-0.15, -0.1) is 0 Å². The minimum atomic E-state index is -1.35. The van der Waals surface area contributed by atoms with Gasteiger partial charge in [-0.1, -0.05) is 29.3 Å². The number of methoxy groups -OCH3 is 1. The molecule has 0 amide bonds. The molecule has 0 bridgehead atoms. The number of carbonyl (C=O) groups excluding carboxylic acids is 1. The van der Waals surface area contributed by atoms with E-state index in [2.05, 4.69) is 14.4 Å². The van der Waals surface area contributed by atoms with Crippen molar-refractivity contribution in [1.82, 2.24) is 14.5 Å². The molecule has 3 saturated heterocycles. The summed E-state index contributed by atoms with van der Waals surface area (Å²) in [5, 5.41) is 0.701. The van der Waals surface area contributed by atoms with E-state index in [9.17, 15) is 9.18 Å². The monoisotopic (exact) mass is 682 g/mol. The quantitative estimate of drug-likeness (QED) is 0.225. The van der Waals surface area contributed by atoms with Crippen molar-refractivity contribution in [3.63, 3.8) is 0 Å². The lowest BCUT2D eigenvalue weighted by atomic mass is 10.0. The zero-order valence-corrected chi connectivity index (χ0v) is 27.4. The second-order valence-electron chi connectivity index (χ2n) is 12.5. The maximum absolute atomic E-state index is 15.0. The van der Waals surface area contributed by atoms with Crippen LogP contribution in [0.3, 0.4) is 0 Å². The molecule has 4 aromatic rings. The molecule has 3 fully saturated rings. The Balaban J connectivity index is 1.08. The van der Waals surface area contributed by atoms with Crippen LogP contribution in [0.4, 0.5) is 10.1 Å². The summed E-state index contributed by atoms with van der Waals surface area (Å²) in [6.45, 7) is 6.12.